The van der Waals surface area contributed by atoms with Crippen LogP contribution in [-0.2, 0) is 6.54 Å². The Labute approximate surface area is 223 Å². The monoisotopic (exact) mass is 514 g/mol. The summed E-state index contributed by atoms with van der Waals surface area (Å²) in [7, 11) is 8.95. The Hall–Kier alpha value is -4.30. The number of carbonyl (C=O) groups excluding carboxylic acids is 2. The lowest BCUT2D eigenvalue weighted by molar-refractivity contribution is 0.0775. The van der Waals surface area contributed by atoms with Gasteiger partial charge in [0.2, 0.25) is 0 Å². The zero-order chi connectivity index (χ0) is 27.2. The highest BCUT2D eigenvalue weighted by molar-refractivity contribution is 6.02. The smallest absolute Gasteiger partial charge is 0.270 e. The van der Waals surface area contributed by atoms with Gasteiger partial charge in [-0.05, 0) is 80.8 Å². The van der Waals surface area contributed by atoms with Crippen LogP contribution in [0.3, 0.4) is 0 Å². The molecule has 4 aromatic rings. The van der Waals surface area contributed by atoms with E-state index >= 15 is 0 Å². The van der Waals surface area contributed by atoms with E-state index in [0.29, 0.717) is 23.6 Å². The quantitative estimate of drug-likeness (QED) is 0.287. The number of methoxy groups -OCH3 is 2. The summed E-state index contributed by atoms with van der Waals surface area (Å²) in [5, 5.41) is 4.28. The molecule has 0 saturated heterocycles. The molecular weight excluding hydrogens is 480 g/mol. The highest BCUT2D eigenvalue weighted by Gasteiger charge is 2.21. The second kappa shape index (κ2) is 11.8. The van der Waals surface area contributed by atoms with Crippen LogP contribution in [0.4, 0.5) is 11.4 Å². The molecule has 0 saturated carbocycles. The van der Waals surface area contributed by atoms with Crippen molar-refractivity contribution in [1.82, 2.24) is 14.4 Å². The fourth-order valence-electron chi connectivity index (χ4n) is 4.18. The Bertz CT molecular complexity index is 1410. The van der Waals surface area contributed by atoms with Gasteiger partial charge in [-0.3, -0.25) is 9.59 Å². The molecule has 0 aliphatic carbocycles. The maximum absolute atomic E-state index is 13.5. The van der Waals surface area contributed by atoms with Crippen LogP contribution in [0.5, 0.6) is 11.5 Å². The molecule has 1 heterocycles. The largest absolute Gasteiger partial charge is 0.497 e. The molecule has 0 bridgehead atoms. The van der Waals surface area contributed by atoms with Crippen molar-refractivity contribution in [1.29, 1.82) is 0 Å². The molecule has 4 rings (SSSR count). The van der Waals surface area contributed by atoms with Crippen molar-refractivity contribution < 1.29 is 19.1 Å². The van der Waals surface area contributed by atoms with Gasteiger partial charge >= 0.3 is 0 Å². The summed E-state index contributed by atoms with van der Waals surface area (Å²) in [5.74, 6) is 1.23. The van der Waals surface area contributed by atoms with E-state index < -0.39 is 0 Å². The SMILES string of the molecule is COc1ccc(Nc2ccc3cc(C(=O)N(C)CCN(C)C)n(CC(=O)c4ccc(OC)cc4)c3c2)cc1. The number of rotatable bonds is 11. The first-order valence-corrected chi connectivity index (χ1v) is 12.4. The fourth-order valence-corrected chi connectivity index (χ4v) is 4.18. The number of anilines is 2. The van der Waals surface area contributed by atoms with Crippen LogP contribution in [0, 0.1) is 0 Å². The number of nitrogens with one attached hydrogen (secondary N) is 1. The summed E-state index contributed by atoms with van der Waals surface area (Å²) < 4.78 is 12.3. The van der Waals surface area contributed by atoms with Gasteiger partial charge < -0.3 is 29.2 Å². The number of likely N-dealkylation sites (N-methyl/N-ethyl adjacent to an activating group) is 2. The molecule has 1 N–H and O–H groups in total. The van der Waals surface area contributed by atoms with Crippen LogP contribution in [0.15, 0.2) is 72.8 Å². The third-order valence-corrected chi connectivity index (χ3v) is 6.45. The molecule has 38 heavy (non-hydrogen) atoms. The predicted molar refractivity (Wildman–Crippen MR) is 151 cm³/mol. The zero-order valence-corrected chi connectivity index (χ0v) is 22.5. The highest BCUT2D eigenvalue weighted by Crippen LogP contribution is 2.28. The van der Waals surface area contributed by atoms with E-state index in [9.17, 15) is 9.59 Å². The van der Waals surface area contributed by atoms with Crippen molar-refractivity contribution in [2.24, 2.45) is 0 Å². The van der Waals surface area contributed by atoms with Crippen molar-refractivity contribution in [2.75, 3.05) is 53.8 Å². The van der Waals surface area contributed by atoms with Crippen molar-refractivity contribution in [2.45, 2.75) is 6.54 Å². The number of fused-ring (bicyclic) bond motifs is 1. The van der Waals surface area contributed by atoms with Crippen LogP contribution < -0.4 is 14.8 Å². The van der Waals surface area contributed by atoms with Gasteiger partial charge in [0.15, 0.2) is 5.78 Å². The van der Waals surface area contributed by atoms with Gasteiger partial charge in [0.1, 0.15) is 17.2 Å². The van der Waals surface area contributed by atoms with Crippen LogP contribution in [-0.4, -0.2) is 74.5 Å². The van der Waals surface area contributed by atoms with Crippen molar-refractivity contribution in [3.8, 4) is 11.5 Å². The summed E-state index contributed by atoms with van der Waals surface area (Å²) in [6.07, 6.45) is 0. The van der Waals surface area contributed by atoms with Crippen molar-refractivity contribution in [3.63, 3.8) is 0 Å². The molecule has 8 nitrogen and oxygen atoms in total. The minimum absolute atomic E-state index is 0.0322. The minimum Gasteiger partial charge on any atom is -0.497 e. The van der Waals surface area contributed by atoms with E-state index in [1.807, 2.05) is 72.1 Å². The van der Waals surface area contributed by atoms with E-state index in [1.54, 1.807) is 50.4 Å². The molecule has 0 atom stereocenters. The summed E-state index contributed by atoms with van der Waals surface area (Å²) in [4.78, 5) is 30.6. The molecule has 3 aromatic carbocycles. The average molecular weight is 515 g/mol. The van der Waals surface area contributed by atoms with Crippen LogP contribution in [0.25, 0.3) is 10.9 Å². The molecule has 0 spiro atoms. The summed E-state index contributed by atoms with van der Waals surface area (Å²) in [6, 6.07) is 22.4. The number of nitrogens with zero attached hydrogens (tertiary/aromatic N) is 3. The molecule has 0 unspecified atom stereocenters. The third-order valence-electron chi connectivity index (χ3n) is 6.45. The fraction of sp³-hybridized carbons (Fsp3) is 0.267. The van der Waals surface area contributed by atoms with Gasteiger partial charge in [0.25, 0.3) is 5.91 Å². The number of aromatic nitrogens is 1. The standard InChI is InChI=1S/C30H34N4O4/c1-32(2)16-17-33(3)30(36)28-18-22-6-9-24(31-23-10-14-26(38-5)15-11-23)19-27(22)34(28)20-29(35)21-7-12-25(37-4)13-8-21/h6-15,18-19,31H,16-17,20H2,1-5H3. The van der Waals surface area contributed by atoms with E-state index in [1.165, 1.54) is 0 Å². The van der Waals surface area contributed by atoms with E-state index in [4.69, 9.17) is 9.47 Å². The Morgan fingerprint density at radius 2 is 1.39 bits per heavy atom. The molecule has 0 fully saturated rings. The number of carbonyl (C=O) groups is 2. The number of amides is 1. The molecule has 0 aliphatic heterocycles. The first kappa shape index (κ1) is 26.8. The number of hydrogen-bond acceptors (Lipinski definition) is 6. The minimum atomic E-state index is -0.129. The average Bonchev–Trinajstić information content (AvgIpc) is 3.29. The lowest BCUT2D eigenvalue weighted by Crippen LogP contribution is -2.34. The van der Waals surface area contributed by atoms with Crippen LogP contribution >= 0.6 is 0 Å². The topological polar surface area (TPSA) is 76.0 Å². The van der Waals surface area contributed by atoms with Gasteiger partial charge in [0, 0.05) is 42.5 Å². The lowest BCUT2D eigenvalue weighted by atomic mass is 10.1. The van der Waals surface area contributed by atoms with Gasteiger partial charge in [-0.2, -0.15) is 0 Å². The number of ketones is 1. The Balaban J connectivity index is 1.70. The van der Waals surface area contributed by atoms with E-state index in [-0.39, 0.29) is 18.2 Å². The summed E-state index contributed by atoms with van der Waals surface area (Å²) >= 11 is 0. The van der Waals surface area contributed by atoms with Crippen LogP contribution in [0.1, 0.15) is 20.8 Å². The Kier molecular flexibility index (Phi) is 8.33. The lowest BCUT2D eigenvalue weighted by Gasteiger charge is -2.20. The summed E-state index contributed by atoms with van der Waals surface area (Å²) in [6.45, 7) is 1.34. The molecule has 0 radical (unpaired) electrons. The maximum Gasteiger partial charge on any atom is 0.270 e. The number of benzene rings is 3. The van der Waals surface area contributed by atoms with Gasteiger partial charge in [-0.25, -0.2) is 0 Å². The zero-order valence-electron chi connectivity index (χ0n) is 22.5. The van der Waals surface area contributed by atoms with Gasteiger partial charge in [-0.15, -0.1) is 0 Å². The second-order valence-electron chi connectivity index (χ2n) is 9.42. The van der Waals surface area contributed by atoms with Gasteiger partial charge in [0.05, 0.1) is 26.3 Å². The molecule has 8 heteroatoms. The number of ether oxygens (including phenoxy) is 2. The molecule has 1 amide bonds. The molecular formula is C30H34N4O4. The van der Waals surface area contributed by atoms with Crippen LogP contribution in [0.2, 0.25) is 0 Å². The van der Waals surface area contributed by atoms with Crippen molar-refractivity contribution >= 4 is 34.0 Å². The molecule has 198 valence electrons. The Morgan fingerprint density at radius 3 is 2.00 bits per heavy atom. The summed E-state index contributed by atoms with van der Waals surface area (Å²) in [5.41, 5.74) is 3.58. The first-order valence-electron chi connectivity index (χ1n) is 12.4. The highest BCUT2D eigenvalue weighted by atomic mass is 16.5. The number of hydrogen-bond donors (Lipinski definition) is 1. The number of Topliss-reactive ketones (excluding diaryl/α,β-unsaturated/α-hetero) is 1. The second-order valence-corrected chi connectivity index (χ2v) is 9.42. The predicted octanol–water partition coefficient (Wildman–Crippen LogP) is 4.92. The Morgan fingerprint density at radius 1 is 0.789 bits per heavy atom. The van der Waals surface area contributed by atoms with Gasteiger partial charge in [-0.1, -0.05) is 6.07 Å². The maximum atomic E-state index is 13.5. The first-order chi connectivity index (χ1) is 18.3. The van der Waals surface area contributed by atoms with Crippen molar-refractivity contribution in [3.05, 3.63) is 84.1 Å². The third kappa shape index (κ3) is 6.15. The molecule has 0 aliphatic rings. The molecule has 1 aromatic heterocycles. The van der Waals surface area contributed by atoms with E-state index in [2.05, 4.69) is 5.32 Å². The van der Waals surface area contributed by atoms with E-state index in [0.717, 1.165) is 34.6 Å². The normalized spacial score (nSPS) is 11.0.